The second-order valence-electron chi connectivity index (χ2n) is 5.08. The maximum atomic E-state index is 6.26. The van der Waals surface area contributed by atoms with Crippen molar-refractivity contribution in [2.24, 2.45) is 0 Å². The van der Waals surface area contributed by atoms with Crippen LogP contribution in [0.5, 0.6) is 11.5 Å². The number of para-hydroxylation sites is 1. The van der Waals surface area contributed by atoms with Crippen LogP contribution in [0.25, 0.3) is 0 Å². The Morgan fingerprint density at radius 3 is 2.55 bits per heavy atom. The first-order valence-corrected chi connectivity index (χ1v) is 7.19. The summed E-state index contributed by atoms with van der Waals surface area (Å²) in [5.74, 6) is 2.08. The van der Waals surface area contributed by atoms with Crippen molar-refractivity contribution < 1.29 is 4.74 Å². The number of rotatable bonds is 5. The van der Waals surface area contributed by atoms with Crippen molar-refractivity contribution in [1.82, 2.24) is 5.32 Å². The van der Waals surface area contributed by atoms with Crippen LogP contribution < -0.4 is 10.1 Å². The molecule has 0 heterocycles. The van der Waals surface area contributed by atoms with E-state index < -0.39 is 0 Å². The molecule has 20 heavy (non-hydrogen) atoms. The lowest BCUT2D eigenvalue weighted by Gasteiger charge is -2.14. The van der Waals surface area contributed by atoms with Crippen LogP contribution in [0.1, 0.15) is 30.9 Å². The fraction of sp³-hybridized carbons (Fsp3) is 0.294. The fourth-order valence-electron chi connectivity index (χ4n) is 2.10. The molecule has 0 amide bonds. The smallest absolute Gasteiger partial charge is 0.130 e. The van der Waals surface area contributed by atoms with Gasteiger partial charge >= 0.3 is 0 Å². The molecule has 0 unspecified atom stereocenters. The van der Waals surface area contributed by atoms with Crippen LogP contribution in [0.2, 0.25) is 5.02 Å². The highest BCUT2D eigenvalue weighted by molar-refractivity contribution is 6.31. The number of hydrogen-bond donors (Lipinski definition) is 1. The Morgan fingerprint density at radius 2 is 1.90 bits per heavy atom. The summed E-state index contributed by atoms with van der Waals surface area (Å²) in [4.78, 5) is 0. The van der Waals surface area contributed by atoms with E-state index in [1.807, 2.05) is 43.4 Å². The summed E-state index contributed by atoms with van der Waals surface area (Å²) in [5.41, 5.74) is 2.27. The molecule has 106 valence electrons. The van der Waals surface area contributed by atoms with E-state index in [-0.39, 0.29) is 0 Å². The minimum atomic E-state index is 0.422. The quantitative estimate of drug-likeness (QED) is 0.838. The molecule has 2 nitrogen and oxygen atoms in total. The molecule has 0 saturated heterocycles. The van der Waals surface area contributed by atoms with E-state index in [2.05, 4.69) is 25.2 Å². The lowest BCUT2D eigenvalue weighted by atomic mass is 10.0. The summed E-state index contributed by atoms with van der Waals surface area (Å²) < 4.78 is 5.98. The molecule has 0 aliphatic rings. The highest BCUT2D eigenvalue weighted by Gasteiger charge is 2.09. The number of benzene rings is 2. The zero-order valence-electron chi connectivity index (χ0n) is 12.1. The van der Waals surface area contributed by atoms with E-state index in [0.29, 0.717) is 5.92 Å². The SMILES string of the molecule is CNCc1ccc(Oc2ccccc2C(C)C)cc1Cl. The van der Waals surface area contributed by atoms with Gasteiger partial charge in [-0.1, -0.05) is 49.7 Å². The Labute approximate surface area is 125 Å². The lowest BCUT2D eigenvalue weighted by Crippen LogP contribution is -2.05. The second kappa shape index (κ2) is 6.78. The third-order valence-electron chi connectivity index (χ3n) is 3.16. The predicted molar refractivity (Wildman–Crippen MR) is 84.8 cm³/mol. The van der Waals surface area contributed by atoms with Gasteiger partial charge in [0, 0.05) is 11.6 Å². The number of hydrogen-bond acceptors (Lipinski definition) is 2. The standard InChI is InChI=1S/C17H20ClNO/c1-12(2)15-6-4-5-7-17(15)20-14-9-8-13(11-19-3)16(18)10-14/h4-10,12,19H,11H2,1-3H3. The number of ether oxygens (including phenoxy) is 1. The summed E-state index contributed by atoms with van der Waals surface area (Å²) in [5, 5.41) is 3.81. The average Bonchev–Trinajstić information content (AvgIpc) is 2.42. The van der Waals surface area contributed by atoms with Crippen molar-refractivity contribution in [3.05, 3.63) is 58.6 Å². The summed E-state index contributed by atoms with van der Waals surface area (Å²) >= 11 is 6.26. The molecule has 0 atom stereocenters. The maximum absolute atomic E-state index is 6.26. The third-order valence-corrected chi connectivity index (χ3v) is 3.51. The molecule has 0 radical (unpaired) electrons. The summed E-state index contributed by atoms with van der Waals surface area (Å²) in [6.07, 6.45) is 0. The first kappa shape index (κ1) is 14.9. The maximum Gasteiger partial charge on any atom is 0.130 e. The second-order valence-corrected chi connectivity index (χ2v) is 5.49. The van der Waals surface area contributed by atoms with Crippen molar-refractivity contribution >= 4 is 11.6 Å². The van der Waals surface area contributed by atoms with E-state index in [0.717, 1.165) is 28.6 Å². The van der Waals surface area contributed by atoms with Gasteiger partial charge < -0.3 is 10.1 Å². The monoisotopic (exact) mass is 289 g/mol. The number of nitrogens with one attached hydrogen (secondary N) is 1. The first-order chi connectivity index (χ1) is 9.61. The highest BCUT2D eigenvalue weighted by Crippen LogP contribution is 2.32. The molecular formula is C17H20ClNO. The Balaban J connectivity index is 2.24. The largest absolute Gasteiger partial charge is 0.457 e. The molecule has 1 N–H and O–H groups in total. The van der Waals surface area contributed by atoms with Gasteiger partial charge in [0.1, 0.15) is 11.5 Å². The van der Waals surface area contributed by atoms with E-state index >= 15 is 0 Å². The van der Waals surface area contributed by atoms with Gasteiger partial charge in [0.15, 0.2) is 0 Å². The Morgan fingerprint density at radius 1 is 1.15 bits per heavy atom. The van der Waals surface area contributed by atoms with Gasteiger partial charge in [-0.3, -0.25) is 0 Å². The van der Waals surface area contributed by atoms with Crippen LogP contribution in [-0.4, -0.2) is 7.05 Å². The molecule has 3 heteroatoms. The van der Waals surface area contributed by atoms with Crippen LogP contribution in [0.3, 0.4) is 0 Å². The first-order valence-electron chi connectivity index (χ1n) is 6.81. The zero-order valence-corrected chi connectivity index (χ0v) is 12.9. The van der Waals surface area contributed by atoms with E-state index in [1.54, 1.807) is 0 Å². The van der Waals surface area contributed by atoms with Crippen LogP contribution in [0.15, 0.2) is 42.5 Å². The van der Waals surface area contributed by atoms with Crippen molar-refractivity contribution in [2.45, 2.75) is 26.3 Å². The van der Waals surface area contributed by atoms with Gasteiger partial charge in [0.2, 0.25) is 0 Å². The topological polar surface area (TPSA) is 21.3 Å². The Hall–Kier alpha value is -1.51. The van der Waals surface area contributed by atoms with Crippen LogP contribution in [0, 0.1) is 0 Å². The van der Waals surface area contributed by atoms with Gasteiger partial charge in [-0.15, -0.1) is 0 Å². The third kappa shape index (κ3) is 3.53. The highest BCUT2D eigenvalue weighted by atomic mass is 35.5. The van der Waals surface area contributed by atoms with E-state index in [9.17, 15) is 0 Å². The molecule has 2 rings (SSSR count). The fourth-order valence-corrected chi connectivity index (χ4v) is 2.34. The van der Waals surface area contributed by atoms with Gasteiger partial charge in [0.25, 0.3) is 0 Å². The molecule has 0 bridgehead atoms. The van der Waals surface area contributed by atoms with Gasteiger partial charge in [-0.05, 0) is 42.3 Å². The van der Waals surface area contributed by atoms with E-state index in [4.69, 9.17) is 16.3 Å². The van der Waals surface area contributed by atoms with Crippen molar-refractivity contribution in [2.75, 3.05) is 7.05 Å². The Bertz CT molecular complexity index is 581. The van der Waals surface area contributed by atoms with Crippen molar-refractivity contribution in [1.29, 1.82) is 0 Å². The Kier molecular flexibility index (Phi) is 5.05. The van der Waals surface area contributed by atoms with E-state index in [1.165, 1.54) is 5.56 Å². The predicted octanol–water partition coefficient (Wildman–Crippen LogP) is 4.98. The molecule has 0 aliphatic carbocycles. The average molecular weight is 290 g/mol. The number of halogens is 1. The molecule has 0 spiro atoms. The molecular weight excluding hydrogens is 270 g/mol. The zero-order chi connectivity index (χ0) is 14.5. The van der Waals surface area contributed by atoms with Gasteiger partial charge in [-0.2, -0.15) is 0 Å². The van der Waals surface area contributed by atoms with Crippen molar-refractivity contribution in [3.8, 4) is 11.5 Å². The summed E-state index contributed by atoms with van der Waals surface area (Å²) in [6.45, 7) is 5.07. The molecule has 0 aromatic heterocycles. The summed E-state index contributed by atoms with van der Waals surface area (Å²) in [7, 11) is 1.90. The molecule has 2 aromatic carbocycles. The minimum Gasteiger partial charge on any atom is -0.457 e. The van der Waals surface area contributed by atoms with Crippen molar-refractivity contribution in [3.63, 3.8) is 0 Å². The summed E-state index contributed by atoms with van der Waals surface area (Å²) in [6, 6.07) is 13.9. The van der Waals surface area contributed by atoms with Crippen LogP contribution in [-0.2, 0) is 6.54 Å². The molecule has 0 aliphatic heterocycles. The normalized spacial score (nSPS) is 10.8. The van der Waals surface area contributed by atoms with Crippen LogP contribution >= 0.6 is 11.6 Å². The van der Waals surface area contributed by atoms with Gasteiger partial charge in [-0.25, -0.2) is 0 Å². The van der Waals surface area contributed by atoms with Gasteiger partial charge in [0.05, 0.1) is 0 Å². The molecule has 0 fully saturated rings. The lowest BCUT2D eigenvalue weighted by molar-refractivity contribution is 0.473. The minimum absolute atomic E-state index is 0.422. The van der Waals surface area contributed by atoms with Crippen LogP contribution in [0.4, 0.5) is 0 Å². The molecule has 0 saturated carbocycles. The molecule has 2 aromatic rings.